The standard InChI is InChI=1S/C24H24ClN5O5S/c1-15-10-26-23(36-15)35-20-8-6-19(7-9-20)27-21-28-22(33)30(12-17(13-31)14-32)24(34)29(21)11-16-2-4-18(25)5-3-16/h2-10,17,31-32H,11-14H2,1H3,(H,27,28,33). The molecular formula is C24H24ClN5O5S. The molecule has 0 saturated heterocycles. The van der Waals surface area contributed by atoms with Crippen molar-refractivity contribution in [1.82, 2.24) is 19.1 Å². The molecule has 0 fully saturated rings. The summed E-state index contributed by atoms with van der Waals surface area (Å²) in [4.78, 5) is 38.4. The summed E-state index contributed by atoms with van der Waals surface area (Å²) in [6.45, 7) is 1.15. The Balaban J connectivity index is 1.74. The summed E-state index contributed by atoms with van der Waals surface area (Å²) in [5.41, 5.74) is -0.0284. The highest BCUT2D eigenvalue weighted by atomic mass is 35.5. The van der Waals surface area contributed by atoms with E-state index in [-0.39, 0.29) is 31.9 Å². The van der Waals surface area contributed by atoms with Crippen LogP contribution in [0.25, 0.3) is 0 Å². The van der Waals surface area contributed by atoms with Gasteiger partial charge >= 0.3 is 11.4 Å². The molecule has 0 unspecified atom stereocenters. The summed E-state index contributed by atoms with van der Waals surface area (Å²) in [6, 6.07) is 13.8. The quantitative estimate of drug-likeness (QED) is 0.305. The lowest BCUT2D eigenvalue weighted by Gasteiger charge is -2.15. The molecule has 10 nitrogen and oxygen atoms in total. The smallest absolute Gasteiger partial charge is 0.335 e. The lowest BCUT2D eigenvalue weighted by molar-refractivity contribution is 0.134. The molecule has 0 atom stereocenters. The number of benzene rings is 2. The zero-order valence-corrected chi connectivity index (χ0v) is 20.9. The molecule has 0 bridgehead atoms. The summed E-state index contributed by atoms with van der Waals surface area (Å²) in [6.07, 6.45) is 1.73. The number of ether oxygens (including phenoxy) is 1. The minimum absolute atomic E-state index is 0.0463. The predicted molar refractivity (Wildman–Crippen MR) is 136 cm³/mol. The summed E-state index contributed by atoms with van der Waals surface area (Å²) in [5, 5.41) is 19.9. The van der Waals surface area contributed by atoms with Crippen molar-refractivity contribution in [3.63, 3.8) is 0 Å². The van der Waals surface area contributed by atoms with Crippen molar-refractivity contribution in [3.05, 3.63) is 96.8 Å². The van der Waals surface area contributed by atoms with Crippen LogP contribution in [0, 0.1) is 12.8 Å². The third-order valence-corrected chi connectivity index (χ3v) is 6.31. The average Bonchev–Trinajstić information content (AvgIpc) is 3.28. The van der Waals surface area contributed by atoms with Crippen LogP contribution in [-0.2, 0) is 13.1 Å². The van der Waals surface area contributed by atoms with Gasteiger partial charge in [0.05, 0.1) is 12.2 Å². The molecule has 4 rings (SSSR count). The molecule has 0 aliphatic rings. The fourth-order valence-corrected chi connectivity index (χ4v) is 4.09. The first-order chi connectivity index (χ1) is 17.4. The number of halogens is 1. The molecule has 2 aromatic heterocycles. The Labute approximate surface area is 214 Å². The van der Waals surface area contributed by atoms with Gasteiger partial charge in [-0.05, 0) is 48.9 Å². The van der Waals surface area contributed by atoms with E-state index in [1.165, 1.54) is 15.9 Å². The van der Waals surface area contributed by atoms with Crippen LogP contribution in [0.15, 0.2) is 69.3 Å². The van der Waals surface area contributed by atoms with Gasteiger partial charge in [0.15, 0.2) is 0 Å². The summed E-state index contributed by atoms with van der Waals surface area (Å²) in [5.74, 6) is -0.0926. The highest BCUT2D eigenvalue weighted by Gasteiger charge is 2.15. The summed E-state index contributed by atoms with van der Waals surface area (Å²) < 4.78 is 7.99. The van der Waals surface area contributed by atoms with Crippen molar-refractivity contribution in [1.29, 1.82) is 0 Å². The fraction of sp³-hybridized carbons (Fsp3) is 0.250. The third-order valence-electron chi connectivity index (χ3n) is 5.27. The van der Waals surface area contributed by atoms with E-state index >= 15 is 0 Å². The van der Waals surface area contributed by atoms with Crippen LogP contribution in [0.2, 0.25) is 5.02 Å². The van der Waals surface area contributed by atoms with Crippen molar-refractivity contribution in [2.45, 2.75) is 20.0 Å². The van der Waals surface area contributed by atoms with Gasteiger partial charge in [-0.3, -0.25) is 9.55 Å². The van der Waals surface area contributed by atoms with Gasteiger partial charge in [-0.25, -0.2) is 24.1 Å². The fourth-order valence-electron chi connectivity index (χ4n) is 3.34. The minimum atomic E-state index is -0.697. The number of aliphatic hydroxyl groups is 2. The van der Waals surface area contributed by atoms with Crippen molar-refractivity contribution < 1.29 is 14.9 Å². The van der Waals surface area contributed by atoms with Gasteiger partial charge in [0, 0.05) is 41.8 Å². The number of aryl methyl sites for hydroxylation is 1. The van der Waals surface area contributed by atoms with E-state index in [4.69, 9.17) is 16.3 Å². The second-order valence-corrected chi connectivity index (χ2v) is 9.67. The molecule has 4 aromatic rings. The highest BCUT2D eigenvalue weighted by molar-refractivity contribution is 7.13. The molecule has 2 heterocycles. The zero-order chi connectivity index (χ0) is 25.7. The topological polar surface area (TPSA) is 135 Å². The second-order valence-electron chi connectivity index (χ2n) is 8.04. The maximum Gasteiger partial charge on any atom is 0.335 e. The largest absolute Gasteiger partial charge is 0.431 e. The maximum atomic E-state index is 13.3. The number of aliphatic hydroxyl groups excluding tert-OH is 2. The first-order valence-corrected chi connectivity index (χ1v) is 12.2. The Morgan fingerprint density at radius 3 is 2.39 bits per heavy atom. The van der Waals surface area contributed by atoms with E-state index in [0.29, 0.717) is 21.7 Å². The van der Waals surface area contributed by atoms with Gasteiger partial charge in [0.2, 0.25) is 5.62 Å². The molecule has 188 valence electrons. The number of H-pyrrole nitrogens is 1. The van der Waals surface area contributed by atoms with E-state index in [0.717, 1.165) is 15.0 Å². The average molecular weight is 530 g/mol. The molecule has 36 heavy (non-hydrogen) atoms. The minimum Gasteiger partial charge on any atom is -0.431 e. The van der Waals surface area contributed by atoms with Gasteiger partial charge in [-0.15, -0.1) is 0 Å². The number of rotatable bonds is 9. The normalized spacial score (nSPS) is 11.9. The molecule has 2 aromatic carbocycles. The molecule has 0 spiro atoms. The Hall–Kier alpha value is -3.51. The van der Waals surface area contributed by atoms with E-state index in [2.05, 4.69) is 15.0 Å². The Morgan fingerprint density at radius 2 is 1.78 bits per heavy atom. The van der Waals surface area contributed by atoms with Crippen LogP contribution in [-0.4, -0.2) is 42.5 Å². The van der Waals surface area contributed by atoms with E-state index in [9.17, 15) is 19.8 Å². The Bertz CT molecular complexity index is 1500. The number of nitrogens with zero attached hydrogens (tertiary/aromatic N) is 4. The number of hydrogen-bond acceptors (Lipinski definition) is 8. The van der Waals surface area contributed by atoms with Gasteiger partial charge in [-0.1, -0.05) is 35.1 Å². The van der Waals surface area contributed by atoms with Gasteiger partial charge in [0.25, 0.3) is 5.19 Å². The molecule has 0 saturated carbocycles. The second kappa shape index (κ2) is 11.5. The van der Waals surface area contributed by atoms with E-state index < -0.39 is 17.3 Å². The van der Waals surface area contributed by atoms with Gasteiger partial charge in [-0.2, -0.15) is 0 Å². The third kappa shape index (κ3) is 6.18. The molecule has 0 radical (unpaired) electrons. The van der Waals surface area contributed by atoms with E-state index in [1.54, 1.807) is 54.7 Å². The number of nitrogens with one attached hydrogen (secondary N) is 1. The highest BCUT2D eigenvalue weighted by Crippen LogP contribution is 2.27. The Morgan fingerprint density at radius 1 is 1.08 bits per heavy atom. The molecule has 12 heteroatoms. The molecule has 0 aliphatic carbocycles. The van der Waals surface area contributed by atoms with Crippen molar-refractivity contribution in [2.75, 3.05) is 13.2 Å². The lowest BCUT2D eigenvalue weighted by atomic mass is 10.2. The molecule has 3 N–H and O–H groups in total. The monoisotopic (exact) mass is 529 g/mol. The SMILES string of the molecule is Cc1cnc(Oc2ccc(/N=c3\[nH]c(=O)n(CC(CO)CO)c(=O)n3Cc3ccc(Cl)cc3)cc2)s1. The first kappa shape index (κ1) is 25.6. The number of aromatic amines is 1. The van der Waals surface area contributed by atoms with Crippen LogP contribution >= 0.6 is 22.9 Å². The van der Waals surface area contributed by atoms with Crippen LogP contribution in [0.3, 0.4) is 0 Å². The number of aromatic nitrogens is 4. The van der Waals surface area contributed by atoms with Gasteiger partial charge in [0.1, 0.15) is 5.75 Å². The number of thiazole rings is 1. The Kier molecular flexibility index (Phi) is 8.16. The predicted octanol–water partition coefficient (Wildman–Crippen LogP) is 2.43. The van der Waals surface area contributed by atoms with Gasteiger partial charge < -0.3 is 14.9 Å². The van der Waals surface area contributed by atoms with Crippen molar-refractivity contribution in [3.8, 4) is 10.9 Å². The van der Waals surface area contributed by atoms with E-state index in [1.807, 2.05) is 6.92 Å². The summed E-state index contributed by atoms with van der Waals surface area (Å²) in [7, 11) is 0. The lowest BCUT2D eigenvalue weighted by Crippen LogP contribution is -2.51. The maximum absolute atomic E-state index is 13.3. The number of hydrogen-bond donors (Lipinski definition) is 3. The van der Waals surface area contributed by atoms with Crippen LogP contribution < -0.4 is 21.7 Å². The van der Waals surface area contributed by atoms with Crippen LogP contribution in [0.4, 0.5) is 5.69 Å². The molecule has 0 aliphatic heterocycles. The molecule has 0 amide bonds. The zero-order valence-electron chi connectivity index (χ0n) is 19.3. The summed E-state index contributed by atoms with van der Waals surface area (Å²) >= 11 is 7.41. The van der Waals surface area contributed by atoms with Crippen LogP contribution in [0.1, 0.15) is 10.4 Å². The molecular weight excluding hydrogens is 506 g/mol. The van der Waals surface area contributed by atoms with Crippen molar-refractivity contribution >= 4 is 28.6 Å². The van der Waals surface area contributed by atoms with Crippen LogP contribution in [0.5, 0.6) is 10.9 Å². The van der Waals surface area contributed by atoms with Crippen molar-refractivity contribution in [2.24, 2.45) is 10.9 Å². The first-order valence-electron chi connectivity index (χ1n) is 11.0.